The number of hydrogen-bond acceptors (Lipinski definition) is 4. The van der Waals surface area contributed by atoms with Gasteiger partial charge < -0.3 is 10.2 Å². The van der Waals surface area contributed by atoms with Crippen molar-refractivity contribution in [2.24, 2.45) is 0 Å². The third-order valence-corrected chi connectivity index (χ3v) is 7.47. The topological polar surface area (TPSA) is 86.8 Å². The molecule has 2 aromatic rings. The molecule has 0 aliphatic rings. The monoisotopic (exact) mass is 555 g/mol. The Morgan fingerprint density at radius 1 is 1.03 bits per heavy atom. The SMILES string of the molecule is CCCCNC(=O)[C@@H](CC)N(Cc1ccccc1)C(=O)CCCN(c1cc(Cl)ccc1Cl)S(C)(=O)=O. The van der Waals surface area contributed by atoms with Crippen LogP contribution in [0.15, 0.2) is 48.5 Å². The third kappa shape index (κ3) is 8.98. The number of carbonyl (C=O) groups excluding carboxylic acids is 2. The zero-order chi connectivity index (χ0) is 26.7. The molecule has 0 heterocycles. The van der Waals surface area contributed by atoms with Crippen LogP contribution < -0.4 is 9.62 Å². The quantitative estimate of drug-likeness (QED) is 0.322. The molecule has 0 bridgehead atoms. The van der Waals surface area contributed by atoms with Crippen LogP contribution >= 0.6 is 23.2 Å². The molecule has 2 amide bonds. The van der Waals surface area contributed by atoms with Crippen molar-refractivity contribution in [2.45, 2.75) is 58.5 Å². The second-order valence-electron chi connectivity index (χ2n) is 8.61. The number of rotatable bonds is 14. The molecule has 1 atom stereocenters. The van der Waals surface area contributed by atoms with Gasteiger partial charge in [0.2, 0.25) is 21.8 Å². The molecule has 0 radical (unpaired) electrons. The molecule has 0 aliphatic heterocycles. The molecule has 1 N–H and O–H groups in total. The van der Waals surface area contributed by atoms with E-state index < -0.39 is 16.1 Å². The molecule has 7 nitrogen and oxygen atoms in total. The molecule has 0 aliphatic carbocycles. The van der Waals surface area contributed by atoms with E-state index in [1.165, 1.54) is 12.1 Å². The van der Waals surface area contributed by atoms with Gasteiger partial charge in [-0.05, 0) is 43.0 Å². The van der Waals surface area contributed by atoms with E-state index in [9.17, 15) is 18.0 Å². The minimum Gasteiger partial charge on any atom is -0.354 e. The van der Waals surface area contributed by atoms with Gasteiger partial charge in [0, 0.05) is 31.1 Å². The lowest BCUT2D eigenvalue weighted by Crippen LogP contribution is -2.49. The molecule has 0 saturated carbocycles. The fraction of sp³-hybridized carbons (Fsp3) is 0.462. The Balaban J connectivity index is 2.20. The molecule has 10 heteroatoms. The van der Waals surface area contributed by atoms with Crippen LogP contribution in [-0.2, 0) is 26.2 Å². The zero-order valence-corrected chi connectivity index (χ0v) is 23.4. The number of unbranched alkanes of at least 4 members (excludes halogenated alkanes) is 1. The molecule has 2 aromatic carbocycles. The minimum atomic E-state index is -3.67. The maximum absolute atomic E-state index is 13.4. The highest BCUT2D eigenvalue weighted by atomic mass is 35.5. The molecule has 0 saturated heterocycles. The van der Waals surface area contributed by atoms with E-state index in [2.05, 4.69) is 5.32 Å². The van der Waals surface area contributed by atoms with Crippen molar-refractivity contribution in [2.75, 3.05) is 23.7 Å². The predicted octanol–water partition coefficient (Wildman–Crippen LogP) is 5.26. The molecule has 198 valence electrons. The highest BCUT2D eigenvalue weighted by molar-refractivity contribution is 7.92. The van der Waals surface area contributed by atoms with E-state index in [0.717, 1.165) is 29.0 Å². The standard InChI is InChI=1S/C26H35Cl2N3O4S/c1-4-6-16-29-26(33)23(5-2)30(19-20-11-8-7-9-12-20)25(32)13-10-17-31(36(3,34)35)24-18-21(27)14-15-22(24)28/h7-9,11-12,14-15,18,23H,4-6,10,13,16-17,19H2,1-3H3,(H,29,33)/t23-/m1/s1. The Labute approximate surface area is 224 Å². The number of hydrogen-bond donors (Lipinski definition) is 1. The van der Waals surface area contributed by atoms with Gasteiger partial charge in [-0.2, -0.15) is 0 Å². The largest absolute Gasteiger partial charge is 0.354 e. The van der Waals surface area contributed by atoms with E-state index >= 15 is 0 Å². The van der Waals surface area contributed by atoms with E-state index in [4.69, 9.17) is 23.2 Å². The minimum absolute atomic E-state index is 0.0449. The molecule has 36 heavy (non-hydrogen) atoms. The molecule has 0 spiro atoms. The summed E-state index contributed by atoms with van der Waals surface area (Å²) in [5.74, 6) is -0.402. The molecule has 2 rings (SSSR count). The van der Waals surface area contributed by atoms with Gasteiger partial charge in [0.05, 0.1) is 17.0 Å². The smallest absolute Gasteiger partial charge is 0.242 e. The Kier molecular flexibility index (Phi) is 12.0. The van der Waals surface area contributed by atoms with Gasteiger partial charge in [-0.15, -0.1) is 0 Å². The van der Waals surface area contributed by atoms with E-state index in [0.29, 0.717) is 18.0 Å². The Morgan fingerprint density at radius 2 is 1.72 bits per heavy atom. The van der Waals surface area contributed by atoms with Crippen LogP contribution in [0, 0.1) is 0 Å². The van der Waals surface area contributed by atoms with Gasteiger partial charge in [-0.25, -0.2) is 8.42 Å². The van der Waals surface area contributed by atoms with Crippen LogP contribution in [0.4, 0.5) is 5.69 Å². The Morgan fingerprint density at radius 3 is 2.33 bits per heavy atom. The van der Waals surface area contributed by atoms with Gasteiger partial charge in [0.15, 0.2) is 0 Å². The van der Waals surface area contributed by atoms with Crippen molar-refractivity contribution in [3.05, 3.63) is 64.1 Å². The Bertz CT molecular complexity index is 1110. The summed E-state index contributed by atoms with van der Waals surface area (Å²) >= 11 is 12.3. The van der Waals surface area contributed by atoms with Gasteiger partial charge >= 0.3 is 0 Å². The maximum atomic E-state index is 13.4. The van der Waals surface area contributed by atoms with E-state index in [-0.39, 0.29) is 48.5 Å². The third-order valence-electron chi connectivity index (χ3n) is 5.74. The second kappa shape index (κ2) is 14.4. The van der Waals surface area contributed by atoms with Gasteiger partial charge in [-0.1, -0.05) is 73.8 Å². The van der Waals surface area contributed by atoms with E-state index in [1.54, 1.807) is 11.0 Å². The fourth-order valence-electron chi connectivity index (χ4n) is 3.87. The molecular formula is C26H35Cl2N3O4S. The number of halogens is 2. The highest BCUT2D eigenvalue weighted by Crippen LogP contribution is 2.31. The second-order valence-corrected chi connectivity index (χ2v) is 11.4. The van der Waals surface area contributed by atoms with Crippen LogP contribution in [0.3, 0.4) is 0 Å². The summed E-state index contributed by atoms with van der Waals surface area (Å²) < 4.78 is 26.1. The first-order chi connectivity index (χ1) is 17.1. The van der Waals surface area contributed by atoms with Gasteiger partial charge in [0.1, 0.15) is 6.04 Å². The first-order valence-electron chi connectivity index (χ1n) is 12.1. The van der Waals surface area contributed by atoms with Gasteiger partial charge in [0.25, 0.3) is 0 Å². The average Bonchev–Trinajstić information content (AvgIpc) is 2.83. The van der Waals surface area contributed by atoms with E-state index in [1.807, 2.05) is 44.2 Å². The van der Waals surface area contributed by atoms with Crippen molar-refractivity contribution in [1.29, 1.82) is 0 Å². The number of nitrogens with one attached hydrogen (secondary N) is 1. The van der Waals surface area contributed by atoms with Crippen molar-refractivity contribution in [3.8, 4) is 0 Å². The summed E-state index contributed by atoms with van der Waals surface area (Å²) in [6, 6.07) is 13.5. The van der Waals surface area contributed by atoms with Crippen LogP contribution in [0.2, 0.25) is 10.0 Å². The lowest BCUT2D eigenvalue weighted by Gasteiger charge is -2.31. The summed E-state index contributed by atoms with van der Waals surface area (Å²) in [7, 11) is -3.67. The zero-order valence-electron chi connectivity index (χ0n) is 21.0. The number of carbonyl (C=O) groups is 2. The highest BCUT2D eigenvalue weighted by Gasteiger charge is 2.29. The molecule has 0 aromatic heterocycles. The van der Waals surface area contributed by atoms with Crippen molar-refractivity contribution < 1.29 is 18.0 Å². The number of amides is 2. The van der Waals surface area contributed by atoms with Crippen LogP contribution in [0.1, 0.15) is 51.5 Å². The molecule has 0 fully saturated rings. The first-order valence-corrected chi connectivity index (χ1v) is 14.7. The lowest BCUT2D eigenvalue weighted by atomic mass is 10.1. The summed E-state index contributed by atoms with van der Waals surface area (Å²) in [6.07, 6.45) is 3.68. The molecular weight excluding hydrogens is 521 g/mol. The normalized spacial score (nSPS) is 12.1. The van der Waals surface area contributed by atoms with Crippen molar-refractivity contribution >= 4 is 50.7 Å². The lowest BCUT2D eigenvalue weighted by molar-refractivity contribution is -0.141. The summed E-state index contributed by atoms with van der Waals surface area (Å²) in [5, 5.41) is 3.54. The van der Waals surface area contributed by atoms with Crippen LogP contribution in [0.25, 0.3) is 0 Å². The maximum Gasteiger partial charge on any atom is 0.242 e. The van der Waals surface area contributed by atoms with Crippen molar-refractivity contribution in [1.82, 2.24) is 10.2 Å². The fourth-order valence-corrected chi connectivity index (χ4v) is 5.27. The molecule has 0 unspecified atom stereocenters. The number of anilines is 1. The first kappa shape index (κ1) is 29.9. The number of sulfonamides is 1. The van der Waals surface area contributed by atoms with Crippen LogP contribution in [-0.4, -0.2) is 50.5 Å². The van der Waals surface area contributed by atoms with Crippen molar-refractivity contribution in [3.63, 3.8) is 0 Å². The number of nitrogens with zero attached hydrogens (tertiary/aromatic N) is 2. The number of benzene rings is 2. The van der Waals surface area contributed by atoms with Gasteiger partial charge in [-0.3, -0.25) is 13.9 Å². The predicted molar refractivity (Wildman–Crippen MR) is 147 cm³/mol. The average molecular weight is 557 g/mol. The Hall–Kier alpha value is -2.29. The summed E-state index contributed by atoms with van der Waals surface area (Å²) in [6.45, 7) is 4.81. The summed E-state index contributed by atoms with van der Waals surface area (Å²) in [4.78, 5) is 27.9. The summed E-state index contributed by atoms with van der Waals surface area (Å²) in [5.41, 5.74) is 1.18. The van der Waals surface area contributed by atoms with Crippen LogP contribution in [0.5, 0.6) is 0 Å².